The Balaban J connectivity index is 2.14. The first-order valence-corrected chi connectivity index (χ1v) is 8.39. The molecule has 0 amide bonds. The summed E-state index contributed by atoms with van der Waals surface area (Å²) in [6.45, 7) is 12.1. The smallest absolute Gasteiger partial charge is 0.133 e. The van der Waals surface area contributed by atoms with E-state index in [0.717, 1.165) is 41.8 Å². The Kier molecular flexibility index (Phi) is 5.44. The fourth-order valence-electron chi connectivity index (χ4n) is 2.73. The molecule has 4 heteroatoms. The Morgan fingerprint density at radius 3 is 2.75 bits per heavy atom. The molecule has 1 aliphatic heterocycles. The molecule has 0 aliphatic carbocycles. The lowest BCUT2D eigenvalue weighted by Crippen LogP contribution is -2.27. The number of hydrogen-bond donors (Lipinski definition) is 1. The monoisotopic (exact) mass is 339 g/mol. The third-order valence-electron chi connectivity index (χ3n) is 4.08. The van der Waals surface area contributed by atoms with Crippen LogP contribution in [-0.4, -0.2) is 24.1 Å². The molecule has 0 saturated carbocycles. The molecule has 0 radical (unpaired) electrons. The lowest BCUT2D eigenvalue weighted by molar-refractivity contribution is 0.422. The molecule has 1 N–H and O–H groups in total. The molecular formula is C16H26BrN3. The molecule has 0 spiro atoms. The van der Waals surface area contributed by atoms with E-state index < -0.39 is 0 Å². The zero-order valence-corrected chi connectivity index (χ0v) is 14.6. The maximum atomic E-state index is 4.67. The number of rotatable bonds is 5. The second-order valence-electron chi connectivity index (χ2n) is 6.41. The van der Waals surface area contributed by atoms with Gasteiger partial charge in [-0.15, -0.1) is 0 Å². The number of hydrogen-bond acceptors (Lipinski definition) is 3. The Labute approximate surface area is 131 Å². The second kappa shape index (κ2) is 6.90. The summed E-state index contributed by atoms with van der Waals surface area (Å²) in [6, 6.07) is 2.68. The Morgan fingerprint density at radius 2 is 2.15 bits per heavy atom. The van der Waals surface area contributed by atoms with Crippen molar-refractivity contribution in [2.75, 3.05) is 18.0 Å². The highest BCUT2D eigenvalue weighted by atomic mass is 79.9. The predicted octanol–water partition coefficient (Wildman–Crippen LogP) is 3.82. The summed E-state index contributed by atoms with van der Waals surface area (Å²) in [5.74, 6) is 2.71. The number of nitrogens with one attached hydrogen (secondary N) is 1. The topological polar surface area (TPSA) is 28.2 Å². The van der Waals surface area contributed by atoms with Crippen LogP contribution in [0.5, 0.6) is 0 Å². The molecule has 1 aromatic heterocycles. The van der Waals surface area contributed by atoms with Crippen LogP contribution in [0.2, 0.25) is 0 Å². The summed E-state index contributed by atoms with van der Waals surface area (Å²) in [5.41, 5.74) is 1.29. The van der Waals surface area contributed by atoms with Gasteiger partial charge in [0, 0.05) is 41.9 Å². The van der Waals surface area contributed by atoms with Gasteiger partial charge in [-0.2, -0.15) is 0 Å². The Morgan fingerprint density at radius 1 is 1.40 bits per heavy atom. The SMILES string of the molecule is CC(C)NCc1cc(Br)cnc1N1CCC(C(C)C)C1. The summed E-state index contributed by atoms with van der Waals surface area (Å²) in [6.07, 6.45) is 3.20. The van der Waals surface area contributed by atoms with Crippen LogP contribution in [0.25, 0.3) is 0 Å². The molecule has 2 rings (SSSR count). The fraction of sp³-hybridized carbons (Fsp3) is 0.688. The largest absolute Gasteiger partial charge is 0.356 e. The first-order chi connectivity index (χ1) is 9.47. The molecule has 2 heterocycles. The van der Waals surface area contributed by atoms with Crippen molar-refractivity contribution < 1.29 is 0 Å². The van der Waals surface area contributed by atoms with Crippen molar-refractivity contribution in [3.8, 4) is 0 Å². The van der Waals surface area contributed by atoms with Crippen LogP contribution in [0.1, 0.15) is 39.7 Å². The maximum Gasteiger partial charge on any atom is 0.133 e. The van der Waals surface area contributed by atoms with Gasteiger partial charge in [0.15, 0.2) is 0 Å². The molecule has 1 saturated heterocycles. The highest BCUT2D eigenvalue weighted by molar-refractivity contribution is 9.10. The Bertz CT molecular complexity index is 445. The zero-order valence-electron chi connectivity index (χ0n) is 13.0. The van der Waals surface area contributed by atoms with Crippen LogP contribution in [0, 0.1) is 11.8 Å². The summed E-state index contributed by atoms with van der Waals surface area (Å²) in [4.78, 5) is 7.12. The molecule has 1 aliphatic rings. The minimum absolute atomic E-state index is 0.490. The molecule has 0 aromatic carbocycles. The second-order valence-corrected chi connectivity index (χ2v) is 7.33. The highest BCUT2D eigenvalue weighted by Crippen LogP contribution is 2.30. The average molecular weight is 340 g/mol. The normalized spacial score (nSPS) is 19.4. The average Bonchev–Trinajstić information content (AvgIpc) is 2.86. The van der Waals surface area contributed by atoms with Crippen LogP contribution in [0.4, 0.5) is 5.82 Å². The number of halogens is 1. The number of nitrogens with zero attached hydrogens (tertiary/aromatic N) is 2. The summed E-state index contributed by atoms with van der Waals surface area (Å²) in [7, 11) is 0. The molecule has 3 nitrogen and oxygen atoms in total. The van der Waals surface area contributed by atoms with E-state index in [1.54, 1.807) is 0 Å². The molecule has 1 aromatic rings. The van der Waals surface area contributed by atoms with Gasteiger partial charge in [-0.05, 0) is 40.3 Å². The van der Waals surface area contributed by atoms with Crippen molar-refractivity contribution in [3.05, 3.63) is 22.3 Å². The molecule has 20 heavy (non-hydrogen) atoms. The first kappa shape index (κ1) is 15.8. The van der Waals surface area contributed by atoms with Crippen LogP contribution in [0.3, 0.4) is 0 Å². The molecular weight excluding hydrogens is 314 g/mol. The summed E-state index contributed by atoms with van der Waals surface area (Å²) >= 11 is 3.54. The zero-order chi connectivity index (χ0) is 14.7. The van der Waals surface area contributed by atoms with Crippen LogP contribution in [0.15, 0.2) is 16.7 Å². The minimum atomic E-state index is 0.490. The fourth-order valence-corrected chi connectivity index (χ4v) is 3.11. The van der Waals surface area contributed by atoms with E-state index >= 15 is 0 Å². The number of aromatic nitrogens is 1. The predicted molar refractivity (Wildman–Crippen MR) is 89.1 cm³/mol. The van der Waals surface area contributed by atoms with Crippen molar-refractivity contribution >= 4 is 21.7 Å². The minimum Gasteiger partial charge on any atom is -0.356 e. The quantitative estimate of drug-likeness (QED) is 0.883. The summed E-state index contributed by atoms with van der Waals surface area (Å²) < 4.78 is 1.06. The van der Waals surface area contributed by atoms with Crippen LogP contribution in [-0.2, 0) is 6.54 Å². The van der Waals surface area contributed by atoms with E-state index in [0.29, 0.717) is 6.04 Å². The third-order valence-corrected chi connectivity index (χ3v) is 4.51. The van der Waals surface area contributed by atoms with E-state index in [2.05, 4.69) is 64.9 Å². The van der Waals surface area contributed by atoms with E-state index in [1.165, 1.54) is 12.0 Å². The van der Waals surface area contributed by atoms with Gasteiger partial charge in [-0.3, -0.25) is 0 Å². The number of pyridine rings is 1. The molecule has 1 unspecified atom stereocenters. The standard InChI is InChI=1S/C16H26BrN3/c1-11(2)13-5-6-20(10-13)16-14(8-18-12(3)4)7-15(17)9-19-16/h7,9,11-13,18H,5-6,8,10H2,1-4H3. The lowest BCUT2D eigenvalue weighted by atomic mass is 9.95. The van der Waals surface area contributed by atoms with Gasteiger partial charge in [0.1, 0.15) is 5.82 Å². The van der Waals surface area contributed by atoms with Gasteiger partial charge in [-0.25, -0.2) is 4.98 Å². The van der Waals surface area contributed by atoms with Gasteiger partial charge < -0.3 is 10.2 Å². The van der Waals surface area contributed by atoms with E-state index in [4.69, 9.17) is 0 Å². The molecule has 1 fully saturated rings. The third kappa shape index (κ3) is 3.95. The molecule has 1 atom stereocenters. The van der Waals surface area contributed by atoms with Gasteiger partial charge in [0.05, 0.1) is 0 Å². The number of anilines is 1. The first-order valence-electron chi connectivity index (χ1n) is 7.60. The molecule has 112 valence electrons. The van der Waals surface area contributed by atoms with Crippen molar-refractivity contribution in [1.29, 1.82) is 0 Å². The van der Waals surface area contributed by atoms with Gasteiger partial charge in [0.25, 0.3) is 0 Å². The van der Waals surface area contributed by atoms with Gasteiger partial charge in [0.2, 0.25) is 0 Å². The van der Waals surface area contributed by atoms with E-state index in [9.17, 15) is 0 Å². The van der Waals surface area contributed by atoms with E-state index in [-0.39, 0.29) is 0 Å². The van der Waals surface area contributed by atoms with Gasteiger partial charge >= 0.3 is 0 Å². The van der Waals surface area contributed by atoms with Crippen molar-refractivity contribution in [2.24, 2.45) is 11.8 Å². The highest BCUT2D eigenvalue weighted by Gasteiger charge is 2.27. The van der Waals surface area contributed by atoms with Crippen molar-refractivity contribution in [3.63, 3.8) is 0 Å². The van der Waals surface area contributed by atoms with Crippen LogP contribution >= 0.6 is 15.9 Å². The van der Waals surface area contributed by atoms with Crippen molar-refractivity contribution in [2.45, 2.75) is 46.7 Å². The van der Waals surface area contributed by atoms with Crippen LogP contribution < -0.4 is 10.2 Å². The Hall–Kier alpha value is -0.610. The summed E-state index contributed by atoms with van der Waals surface area (Å²) in [5, 5.41) is 3.50. The molecule has 0 bridgehead atoms. The maximum absolute atomic E-state index is 4.67. The van der Waals surface area contributed by atoms with E-state index in [1.807, 2.05) is 6.20 Å². The van der Waals surface area contributed by atoms with Crippen molar-refractivity contribution in [1.82, 2.24) is 10.3 Å². The van der Waals surface area contributed by atoms with Gasteiger partial charge in [-0.1, -0.05) is 27.7 Å². The lowest BCUT2D eigenvalue weighted by Gasteiger charge is -2.22.